The minimum Gasteiger partial charge on any atom is -0.317 e. The maximum Gasteiger partial charge on any atom is 0.277 e. The maximum absolute atomic E-state index is 11.5. The quantitative estimate of drug-likeness (QED) is 0.722. The Morgan fingerprint density at radius 2 is 2.33 bits per heavy atom. The number of aromatic amines is 2. The number of hydrogen-bond acceptors (Lipinski definition) is 4. The number of carbonyl (C=O) groups is 1. The Balaban J connectivity index is 2.74. The zero-order valence-electron chi connectivity index (χ0n) is 7.90. The molecule has 15 heavy (non-hydrogen) atoms. The molecule has 2 aromatic heterocycles. The zero-order valence-corrected chi connectivity index (χ0v) is 8.72. The summed E-state index contributed by atoms with van der Waals surface area (Å²) in [6, 6.07) is 0. The number of rotatable bonds is 2. The Kier molecular flexibility index (Phi) is 2.24. The van der Waals surface area contributed by atoms with Crippen molar-refractivity contribution in [1.29, 1.82) is 0 Å². The molecule has 0 fully saturated rings. The van der Waals surface area contributed by atoms with Crippen molar-refractivity contribution in [3.05, 3.63) is 21.5 Å². The summed E-state index contributed by atoms with van der Waals surface area (Å²) in [6.07, 6.45) is 1.44. The second kappa shape index (κ2) is 3.43. The summed E-state index contributed by atoms with van der Waals surface area (Å²) in [4.78, 5) is 31.6. The van der Waals surface area contributed by atoms with Crippen LogP contribution in [-0.2, 0) is 11.3 Å². The molecule has 0 bridgehead atoms. The molecule has 0 radical (unpaired) electrons. The predicted octanol–water partition coefficient (Wildman–Crippen LogP) is 0.371. The first-order valence-corrected chi connectivity index (χ1v) is 4.65. The molecule has 0 atom stereocenters. The van der Waals surface area contributed by atoms with Crippen molar-refractivity contribution >= 4 is 29.2 Å². The molecule has 2 heterocycles. The third kappa shape index (κ3) is 1.73. The molecule has 0 saturated heterocycles. The van der Waals surface area contributed by atoms with Crippen molar-refractivity contribution in [3.63, 3.8) is 0 Å². The molecule has 7 heteroatoms. The van der Waals surface area contributed by atoms with Crippen LogP contribution < -0.4 is 5.56 Å². The van der Waals surface area contributed by atoms with Crippen LogP contribution in [-0.4, -0.2) is 25.3 Å². The molecule has 0 aliphatic heterocycles. The van der Waals surface area contributed by atoms with Crippen LogP contribution in [0.4, 0.5) is 0 Å². The number of carbonyl (C=O) groups excluding carboxylic acids is 1. The molecule has 2 aromatic rings. The average molecular weight is 224 g/mol. The van der Waals surface area contributed by atoms with Crippen molar-refractivity contribution in [1.82, 2.24) is 19.5 Å². The van der Waals surface area contributed by atoms with Crippen LogP contribution in [0.3, 0.4) is 0 Å². The summed E-state index contributed by atoms with van der Waals surface area (Å²) in [6.45, 7) is 1.58. The van der Waals surface area contributed by atoms with Gasteiger partial charge in [-0.05, 0) is 19.1 Å². The van der Waals surface area contributed by atoms with Crippen LogP contribution in [0.25, 0.3) is 11.2 Å². The predicted molar refractivity (Wildman–Crippen MR) is 56.2 cm³/mol. The van der Waals surface area contributed by atoms with Crippen LogP contribution in [0, 0.1) is 4.77 Å². The molecule has 2 rings (SSSR count). The highest BCUT2D eigenvalue weighted by molar-refractivity contribution is 7.71. The van der Waals surface area contributed by atoms with E-state index in [9.17, 15) is 9.59 Å². The minimum absolute atomic E-state index is 0.0452. The van der Waals surface area contributed by atoms with Gasteiger partial charge in [0, 0.05) is 0 Å². The van der Waals surface area contributed by atoms with Gasteiger partial charge in [0.05, 0.1) is 12.9 Å². The number of H-pyrrole nitrogens is 2. The highest BCUT2D eigenvalue weighted by Crippen LogP contribution is 2.03. The largest absolute Gasteiger partial charge is 0.317 e. The van der Waals surface area contributed by atoms with E-state index in [1.54, 1.807) is 0 Å². The first-order chi connectivity index (χ1) is 7.08. The lowest BCUT2D eigenvalue weighted by Crippen LogP contribution is -2.14. The molecule has 78 valence electrons. The first kappa shape index (κ1) is 9.78. The fourth-order valence-corrected chi connectivity index (χ4v) is 1.56. The molecule has 6 nitrogen and oxygen atoms in total. The molecule has 0 aromatic carbocycles. The summed E-state index contributed by atoms with van der Waals surface area (Å²) in [7, 11) is 0. The average Bonchev–Trinajstić information content (AvgIpc) is 2.46. The van der Waals surface area contributed by atoms with Gasteiger partial charge < -0.3 is 9.55 Å². The van der Waals surface area contributed by atoms with Crippen molar-refractivity contribution < 1.29 is 4.79 Å². The Bertz CT molecular complexity index is 636. The number of fused-ring (bicyclic) bond motifs is 1. The lowest BCUT2D eigenvalue weighted by atomic mass is 10.4. The van der Waals surface area contributed by atoms with Gasteiger partial charge in [0.2, 0.25) is 0 Å². The SMILES string of the molecule is CC(=O)Cn1cnc2[nH]c(=S)[nH]c(=O)c21. The number of nitrogens with one attached hydrogen (secondary N) is 2. The van der Waals surface area contributed by atoms with Crippen LogP contribution in [0.2, 0.25) is 0 Å². The fraction of sp³-hybridized carbons (Fsp3) is 0.250. The van der Waals surface area contributed by atoms with E-state index in [4.69, 9.17) is 12.2 Å². The molecule has 0 unspecified atom stereocenters. The zero-order chi connectivity index (χ0) is 11.0. The monoisotopic (exact) mass is 224 g/mol. The lowest BCUT2D eigenvalue weighted by Gasteiger charge is -1.98. The second-order valence-corrected chi connectivity index (χ2v) is 3.59. The topological polar surface area (TPSA) is 83.5 Å². The standard InChI is InChI=1S/C8H8N4O2S/c1-4(13)2-12-3-9-6-5(12)7(14)11-8(15)10-6/h3H,2H2,1H3,(H2,10,11,14,15). The molecule has 0 aliphatic rings. The number of ketones is 1. The van der Waals surface area contributed by atoms with Gasteiger partial charge in [0.1, 0.15) is 5.78 Å². The van der Waals surface area contributed by atoms with E-state index in [1.807, 2.05) is 0 Å². The summed E-state index contributed by atoms with van der Waals surface area (Å²) < 4.78 is 1.71. The molecular formula is C8H8N4O2S. The normalized spacial score (nSPS) is 10.7. The Hall–Kier alpha value is -1.76. The van der Waals surface area contributed by atoms with E-state index < -0.39 is 0 Å². The fourth-order valence-electron chi connectivity index (χ4n) is 1.37. The highest BCUT2D eigenvalue weighted by atomic mass is 32.1. The Morgan fingerprint density at radius 1 is 1.60 bits per heavy atom. The second-order valence-electron chi connectivity index (χ2n) is 3.18. The van der Waals surface area contributed by atoms with Crippen LogP contribution in [0.5, 0.6) is 0 Å². The summed E-state index contributed by atoms with van der Waals surface area (Å²) in [5.74, 6) is -0.0452. The van der Waals surface area contributed by atoms with Crippen molar-refractivity contribution in [2.45, 2.75) is 13.5 Å². The number of hydrogen-bond donors (Lipinski definition) is 2. The van der Waals surface area contributed by atoms with Crippen molar-refractivity contribution in [2.24, 2.45) is 0 Å². The molecule has 2 N–H and O–H groups in total. The van der Waals surface area contributed by atoms with Crippen molar-refractivity contribution in [2.75, 3.05) is 0 Å². The maximum atomic E-state index is 11.5. The van der Waals surface area contributed by atoms with Gasteiger partial charge in [-0.3, -0.25) is 14.6 Å². The van der Waals surface area contributed by atoms with Gasteiger partial charge in [-0.25, -0.2) is 4.98 Å². The van der Waals surface area contributed by atoms with Gasteiger partial charge >= 0.3 is 0 Å². The number of Topliss-reactive ketones (excluding diaryl/α,β-unsaturated/α-hetero) is 1. The van der Waals surface area contributed by atoms with E-state index >= 15 is 0 Å². The number of imidazole rings is 1. The van der Waals surface area contributed by atoms with Crippen LogP contribution in [0.1, 0.15) is 6.92 Å². The van der Waals surface area contributed by atoms with Crippen LogP contribution >= 0.6 is 12.2 Å². The Morgan fingerprint density at radius 3 is 3.00 bits per heavy atom. The van der Waals surface area contributed by atoms with Gasteiger partial charge in [-0.1, -0.05) is 0 Å². The first-order valence-electron chi connectivity index (χ1n) is 4.25. The van der Waals surface area contributed by atoms with E-state index in [0.29, 0.717) is 11.2 Å². The Labute approximate surface area is 89.0 Å². The van der Waals surface area contributed by atoms with Gasteiger partial charge in [0.25, 0.3) is 5.56 Å². The smallest absolute Gasteiger partial charge is 0.277 e. The van der Waals surface area contributed by atoms with Crippen LogP contribution in [0.15, 0.2) is 11.1 Å². The van der Waals surface area contributed by atoms with Crippen molar-refractivity contribution in [3.8, 4) is 0 Å². The number of aromatic nitrogens is 4. The summed E-state index contributed by atoms with van der Waals surface area (Å²) in [5.41, 5.74) is 0.385. The van der Waals surface area contributed by atoms with Gasteiger partial charge in [0.15, 0.2) is 15.9 Å². The van der Waals surface area contributed by atoms with Gasteiger partial charge in [-0.15, -0.1) is 0 Å². The van der Waals surface area contributed by atoms with E-state index in [2.05, 4.69) is 15.0 Å². The van der Waals surface area contributed by atoms with E-state index in [1.165, 1.54) is 17.8 Å². The molecule has 0 spiro atoms. The highest BCUT2D eigenvalue weighted by Gasteiger charge is 2.08. The lowest BCUT2D eigenvalue weighted by molar-refractivity contribution is -0.117. The molecule has 0 saturated carbocycles. The third-order valence-electron chi connectivity index (χ3n) is 1.90. The summed E-state index contributed by atoms with van der Waals surface area (Å²) >= 11 is 4.80. The third-order valence-corrected chi connectivity index (χ3v) is 2.11. The minimum atomic E-state index is -0.340. The molecular weight excluding hydrogens is 216 g/mol. The van der Waals surface area contributed by atoms with E-state index in [0.717, 1.165) is 0 Å². The van der Waals surface area contributed by atoms with Gasteiger partial charge in [-0.2, -0.15) is 0 Å². The molecule has 0 aliphatic carbocycles. The summed E-state index contributed by atoms with van der Waals surface area (Å²) in [5, 5.41) is 0. The number of nitrogens with zero attached hydrogens (tertiary/aromatic N) is 2. The van der Waals surface area contributed by atoms with E-state index in [-0.39, 0.29) is 22.7 Å². The molecule has 0 amide bonds.